The maximum atomic E-state index is 15.4. The van der Waals surface area contributed by atoms with Crippen LogP contribution in [0.2, 0.25) is 0 Å². The molecule has 2 N–H and O–H groups in total. The Labute approximate surface area is 317 Å². The molecule has 0 bridgehead atoms. The molecule has 19 heteroatoms. The van der Waals surface area contributed by atoms with Crippen LogP contribution in [0.3, 0.4) is 0 Å². The molecule has 0 amide bonds. The molecule has 2 aromatic heterocycles. The number of aliphatic hydroxyl groups excluding tert-OH is 2. The van der Waals surface area contributed by atoms with Gasteiger partial charge in [0, 0.05) is 24.9 Å². The van der Waals surface area contributed by atoms with Gasteiger partial charge in [-0.1, -0.05) is 0 Å². The van der Waals surface area contributed by atoms with Gasteiger partial charge in [0.2, 0.25) is 11.8 Å². The summed E-state index contributed by atoms with van der Waals surface area (Å²) in [6, 6.07) is -0.655. The first-order valence-electron chi connectivity index (χ1n) is 19.0. The number of carbonyl (C=O) groups is 1. The second-order valence-corrected chi connectivity index (χ2v) is 16.4. The van der Waals surface area contributed by atoms with Crippen LogP contribution in [-0.2, 0) is 4.79 Å². The van der Waals surface area contributed by atoms with Gasteiger partial charge in [0.15, 0.2) is 5.78 Å². The largest absolute Gasteiger partial charge is 0.476 e. The van der Waals surface area contributed by atoms with Gasteiger partial charge in [0.05, 0.1) is 77.1 Å². The summed E-state index contributed by atoms with van der Waals surface area (Å²) in [5.41, 5.74) is 0.0712. The highest BCUT2D eigenvalue weighted by atomic mass is 19.3. The van der Waals surface area contributed by atoms with E-state index in [4.69, 9.17) is 9.47 Å². The maximum absolute atomic E-state index is 15.4. The van der Waals surface area contributed by atoms with Gasteiger partial charge in [-0.15, -0.1) is 0 Å². The highest BCUT2D eigenvalue weighted by molar-refractivity contribution is 5.91. The van der Waals surface area contributed by atoms with E-state index in [9.17, 15) is 27.8 Å². The number of ketones is 1. The molecule has 4 saturated heterocycles. The van der Waals surface area contributed by atoms with Gasteiger partial charge in [-0.05, 0) is 61.8 Å². The predicted molar refractivity (Wildman–Crippen MR) is 184 cm³/mol. The maximum Gasteiger partial charge on any atom is 0.282 e. The van der Waals surface area contributed by atoms with Crippen molar-refractivity contribution < 1.29 is 59.6 Å². The van der Waals surface area contributed by atoms with Gasteiger partial charge in [-0.3, -0.25) is 14.6 Å². The van der Waals surface area contributed by atoms with Crippen molar-refractivity contribution in [2.24, 2.45) is 11.8 Å². The van der Waals surface area contributed by atoms with Gasteiger partial charge in [0.1, 0.15) is 23.5 Å². The molecule has 2 saturated carbocycles. The molecule has 11 nitrogen and oxygen atoms in total. The summed E-state index contributed by atoms with van der Waals surface area (Å²) < 4.78 is 129. The molecular weight excluding hydrogens is 760 g/mol. The van der Waals surface area contributed by atoms with Crippen molar-refractivity contribution in [3.8, 4) is 11.8 Å². The molecule has 0 aromatic carbocycles. The molecule has 308 valence electrons. The third kappa shape index (κ3) is 8.23. The molecule has 4 aliphatic heterocycles. The summed E-state index contributed by atoms with van der Waals surface area (Å²) in [5.74, 6) is -13.5. The van der Waals surface area contributed by atoms with E-state index < -0.39 is 119 Å². The third-order valence-corrected chi connectivity index (χ3v) is 11.4. The quantitative estimate of drug-likeness (QED) is 0.230. The van der Waals surface area contributed by atoms with E-state index in [-0.39, 0.29) is 59.6 Å². The Morgan fingerprint density at radius 3 is 1.32 bits per heavy atom. The summed E-state index contributed by atoms with van der Waals surface area (Å²) in [6.07, 6.45) is 1.79. The van der Waals surface area contributed by atoms with Crippen LogP contribution in [0.15, 0.2) is 24.3 Å². The highest BCUT2D eigenvalue weighted by Gasteiger charge is 2.55. The zero-order valence-electron chi connectivity index (χ0n) is 30.4. The Bertz CT molecular complexity index is 1660. The number of rotatable bonds is 16. The van der Waals surface area contributed by atoms with Crippen molar-refractivity contribution in [2.75, 3.05) is 75.5 Å². The van der Waals surface area contributed by atoms with Crippen LogP contribution in [-0.4, -0.2) is 137 Å². The first-order valence-corrected chi connectivity index (χ1v) is 19.0. The molecule has 2 unspecified atom stereocenters. The molecule has 6 aliphatic rings. The molecule has 6 fully saturated rings. The minimum Gasteiger partial charge on any atom is -0.476 e. The Morgan fingerprint density at radius 2 is 1.00 bits per heavy atom. The normalized spacial score (nSPS) is 27.8. The number of likely N-dealkylation sites (tertiary alicyclic amines) is 2. The van der Waals surface area contributed by atoms with E-state index in [1.807, 2.05) is 0 Å². The number of hydrogen-bond donors (Lipinski definition) is 2. The monoisotopic (exact) mass is 804 g/mol. The third-order valence-electron chi connectivity index (χ3n) is 11.4. The first-order chi connectivity index (χ1) is 26.4. The second-order valence-electron chi connectivity index (χ2n) is 16.4. The number of halogens is 8. The summed E-state index contributed by atoms with van der Waals surface area (Å²) in [6.45, 7) is -5.80. The molecule has 8 rings (SSSR count). The van der Waals surface area contributed by atoms with Gasteiger partial charge >= 0.3 is 0 Å². The number of hydrogen-bond acceptors (Lipinski definition) is 11. The molecule has 2 aliphatic carbocycles. The fourth-order valence-corrected chi connectivity index (χ4v) is 8.12. The summed E-state index contributed by atoms with van der Waals surface area (Å²) in [5, 5.41) is 20.7. The fraction of sp³-hybridized carbons (Fsp3) is 0.703. The van der Waals surface area contributed by atoms with Crippen LogP contribution in [0, 0.1) is 11.8 Å². The first kappa shape index (κ1) is 39.3. The molecule has 4 atom stereocenters. The van der Waals surface area contributed by atoms with Gasteiger partial charge in [-0.2, -0.15) is 0 Å². The standard InChI is InChI=1S/C37H44F8N6O5/c38-34(39)9-23(11-52)50(19-34)29(25-5-7-27(48-15-36(42,43)16-48)32(46-25)55-13-21-1-2-21)31(54)30(51-20-35(40,41)10-24(51)12-53)26-6-8-28(49-17-37(44,45)18-49)33(47-26)56-14-22-3-4-22/h5-8,21-24,29-30,52-53H,1-4,9-20H2/t23-,24-,29?,30?/m0/s1. The number of ether oxygens (including phenoxy) is 2. The van der Waals surface area contributed by atoms with E-state index in [0.717, 1.165) is 35.5 Å². The van der Waals surface area contributed by atoms with Crippen molar-refractivity contribution in [2.45, 2.75) is 86.4 Å². The molecule has 56 heavy (non-hydrogen) atoms. The molecular formula is C37H44F8N6O5. The van der Waals surface area contributed by atoms with Crippen LogP contribution in [0.4, 0.5) is 46.5 Å². The lowest BCUT2D eigenvalue weighted by molar-refractivity contribution is -0.132. The number of Topliss-reactive ketones (excluding diaryl/α,β-unsaturated/α-hetero) is 1. The highest BCUT2D eigenvalue weighted by Crippen LogP contribution is 2.47. The zero-order valence-corrected chi connectivity index (χ0v) is 30.4. The Morgan fingerprint density at radius 1 is 0.625 bits per heavy atom. The minimum absolute atomic E-state index is 0.115. The van der Waals surface area contributed by atoms with Crippen LogP contribution in [0.1, 0.15) is 62.0 Å². The van der Waals surface area contributed by atoms with E-state index in [0.29, 0.717) is 0 Å². The van der Waals surface area contributed by atoms with Crippen molar-refractivity contribution >= 4 is 17.2 Å². The summed E-state index contributed by atoms with van der Waals surface area (Å²) >= 11 is 0. The zero-order chi connectivity index (χ0) is 39.8. The van der Waals surface area contributed by atoms with Gasteiger partial charge in [-0.25, -0.2) is 45.1 Å². The van der Waals surface area contributed by atoms with Gasteiger partial charge in [0.25, 0.3) is 23.7 Å². The average Bonchev–Trinajstić information content (AvgIpc) is 4.05. The Hall–Kier alpha value is -3.55. The topological polar surface area (TPSA) is 115 Å². The fourth-order valence-electron chi connectivity index (χ4n) is 8.12. The van der Waals surface area contributed by atoms with E-state index in [2.05, 4.69) is 9.97 Å². The van der Waals surface area contributed by atoms with E-state index >= 15 is 22.4 Å². The Balaban J connectivity index is 1.23. The van der Waals surface area contributed by atoms with Gasteiger partial charge < -0.3 is 29.5 Å². The molecule has 0 radical (unpaired) electrons. The SMILES string of the molecule is O=C(C(c1ccc(N2CC(F)(F)C2)c(OCC2CC2)n1)N1CC(F)(F)C[C@H]1CO)C(c1ccc(N2CC(F)(F)C2)c(OCC2CC2)n1)N1CC(F)(F)C[C@H]1CO. The molecule has 0 spiro atoms. The van der Waals surface area contributed by atoms with Crippen LogP contribution in [0.25, 0.3) is 0 Å². The summed E-state index contributed by atoms with van der Waals surface area (Å²) in [7, 11) is 0. The van der Waals surface area contributed by atoms with E-state index in [1.54, 1.807) is 0 Å². The second kappa shape index (κ2) is 14.4. The van der Waals surface area contributed by atoms with E-state index in [1.165, 1.54) is 34.1 Å². The minimum atomic E-state index is -3.38. The van der Waals surface area contributed by atoms with Crippen molar-refractivity contribution in [3.63, 3.8) is 0 Å². The number of nitrogens with zero attached hydrogens (tertiary/aromatic N) is 6. The smallest absolute Gasteiger partial charge is 0.282 e. The number of carbonyl (C=O) groups excluding carboxylic acids is 1. The molecule has 6 heterocycles. The number of anilines is 2. The number of alkyl halides is 8. The summed E-state index contributed by atoms with van der Waals surface area (Å²) in [4.78, 5) is 29.3. The number of pyridine rings is 2. The lowest BCUT2D eigenvalue weighted by Crippen LogP contribution is -2.56. The number of aliphatic hydroxyl groups is 2. The van der Waals surface area contributed by atoms with Crippen LogP contribution in [0.5, 0.6) is 11.8 Å². The van der Waals surface area contributed by atoms with Crippen molar-refractivity contribution in [1.29, 1.82) is 0 Å². The van der Waals surface area contributed by atoms with Crippen molar-refractivity contribution in [1.82, 2.24) is 19.8 Å². The van der Waals surface area contributed by atoms with Crippen LogP contribution < -0.4 is 19.3 Å². The average molecular weight is 805 g/mol. The lowest BCUT2D eigenvalue weighted by Gasteiger charge is -2.41. The lowest BCUT2D eigenvalue weighted by atomic mass is 9.94. The molecule has 2 aromatic rings. The van der Waals surface area contributed by atoms with Crippen LogP contribution >= 0.6 is 0 Å². The van der Waals surface area contributed by atoms with Crippen molar-refractivity contribution in [3.05, 3.63) is 35.7 Å². The Kier molecular flexibility index (Phi) is 10.1. The predicted octanol–water partition coefficient (Wildman–Crippen LogP) is 4.72. The number of aromatic nitrogens is 2.